The maximum Gasteiger partial charge on any atom is 0.0611 e. The standard InChI is InChI=1S/C14H28NO2/c1-7-11(2)10-17-12-8-13(3,4)15(16)14(5,6)9-12/h11-12H,7-10H2,1-6H3. The van der Waals surface area contributed by atoms with E-state index in [1.54, 1.807) is 0 Å². The van der Waals surface area contributed by atoms with Crippen molar-refractivity contribution >= 4 is 0 Å². The molecular weight excluding hydrogens is 214 g/mol. The van der Waals surface area contributed by atoms with Gasteiger partial charge in [0.05, 0.1) is 6.10 Å². The van der Waals surface area contributed by atoms with Gasteiger partial charge in [0, 0.05) is 17.7 Å². The van der Waals surface area contributed by atoms with Gasteiger partial charge in [-0.25, -0.2) is 0 Å². The predicted molar refractivity (Wildman–Crippen MR) is 69.1 cm³/mol. The lowest BCUT2D eigenvalue weighted by Crippen LogP contribution is -2.60. The van der Waals surface area contributed by atoms with Crippen LogP contribution >= 0.6 is 0 Å². The fourth-order valence-electron chi connectivity index (χ4n) is 2.71. The maximum absolute atomic E-state index is 12.2. The van der Waals surface area contributed by atoms with Gasteiger partial charge in [0.2, 0.25) is 0 Å². The molecule has 101 valence electrons. The lowest BCUT2D eigenvalue weighted by Gasteiger charge is -2.49. The van der Waals surface area contributed by atoms with E-state index < -0.39 is 0 Å². The summed E-state index contributed by atoms with van der Waals surface area (Å²) in [6.45, 7) is 13.3. The van der Waals surface area contributed by atoms with E-state index in [-0.39, 0.29) is 17.2 Å². The van der Waals surface area contributed by atoms with Crippen molar-refractivity contribution in [3.05, 3.63) is 0 Å². The first-order valence-electron chi connectivity index (χ1n) is 6.78. The average molecular weight is 242 g/mol. The smallest absolute Gasteiger partial charge is 0.0611 e. The third kappa shape index (κ3) is 3.67. The van der Waals surface area contributed by atoms with E-state index >= 15 is 0 Å². The Morgan fingerprint density at radius 1 is 1.24 bits per heavy atom. The van der Waals surface area contributed by atoms with Crippen molar-refractivity contribution in [2.24, 2.45) is 5.92 Å². The number of hydroxylamine groups is 2. The molecule has 0 saturated carbocycles. The normalized spacial score (nSPS) is 27.0. The van der Waals surface area contributed by atoms with E-state index in [2.05, 4.69) is 13.8 Å². The molecule has 0 N–H and O–H groups in total. The highest BCUT2D eigenvalue weighted by Crippen LogP contribution is 2.38. The molecule has 3 nitrogen and oxygen atoms in total. The number of hydrogen-bond donors (Lipinski definition) is 0. The van der Waals surface area contributed by atoms with E-state index in [4.69, 9.17) is 4.74 Å². The Labute approximate surface area is 106 Å². The summed E-state index contributed by atoms with van der Waals surface area (Å²) in [6.07, 6.45) is 3.03. The molecule has 1 fully saturated rings. The molecule has 1 radical (unpaired) electrons. The maximum atomic E-state index is 12.2. The second-order valence-corrected chi connectivity index (χ2v) is 6.80. The Morgan fingerprint density at radius 3 is 2.12 bits per heavy atom. The van der Waals surface area contributed by atoms with Crippen LogP contribution in [0, 0.1) is 5.92 Å². The Bertz CT molecular complexity index is 233. The van der Waals surface area contributed by atoms with Gasteiger partial charge in [0.1, 0.15) is 0 Å². The summed E-state index contributed by atoms with van der Waals surface area (Å²) in [5.74, 6) is 0.603. The van der Waals surface area contributed by atoms with Crippen LogP contribution in [0.1, 0.15) is 60.8 Å². The monoisotopic (exact) mass is 242 g/mol. The minimum atomic E-state index is -0.318. The molecule has 1 aliphatic heterocycles. The van der Waals surface area contributed by atoms with Crippen molar-refractivity contribution in [2.45, 2.75) is 78.0 Å². The molecule has 0 aromatic heterocycles. The van der Waals surface area contributed by atoms with Crippen LogP contribution in [-0.4, -0.2) is 28.9 Å². The number of rotatable bonds is 4. The Hall–Kier alpha value is -0.120. The van der Waals surface area contributed by atoms with Crippen LogP contribution < -0.4 is 0 Å². The molecule has 1 saturated heterocycles. The fourth-order valence-corrected chi connectivity index (χ4v) is 2.71. The van der Waals surface area contributed by atoms with Crippen LogP contribution in [0.3, 0.4) is 0 Å². The first-order valence-corrected chi connectivity index (χ1v) is 6.78. The van der Waals surface area contributed by atoms with Gasteiger partial charge in [-0.2, -0.15) is 0 Å². The zero-order valence-corrected chi connectivity index (χ0v) is 12.2. The summed E-state index contributed by atoms with van der Waals surface area (Å²) in [7, 11) is 0. The molecule has 3 heteroatoms. The summed E-state index contributed by atoms with van der Waals surface area (Å²) < 4.78 is 5.99. The van der Waals surface area contributed by atoms with Crippen LogP contribution in [0.4, 0.5) is 0 Å². The Kier molecular flexibility index (Phi) is 4.61. The molecule has 0 aromatic rings. The number of piperidine rings is 1. The number of nitrogens with zero attached hydrogens (tertiary/aromatic N) is 1. The topological polar surface area (TPSA) is 32.4 Å². The molecular formula is C14H28NO2. The highest BCUT2D eigenvalue weighted by atomic mass is 16.5. The van der Waals surface area contributed by atoms with Crippen LogP contribution in [0.25, 0.3) is 0 Å². The molecule has 1 heterocycles. The first kappa shape index (κ1) is 14.9. The summed E-state index contributed by atoms with van der Waals surface area (Å²) in [5.41, 5.74) is -0.635. The summed E-state index contributed by atoms with van der Waals surface area (Å²) >= 11 is 0. The molecule has 1 aliphatic rings. The van der Waals surface area contributed by atoms with Gasteiger partial charge in [0.15, 0.2) is 0 Å². The molecule has 1 rings (SSSR count). The van der Waals surface area contributed by atoms with Gasteiger partial charge in [-0.05, 0) is 46.5 Å². The van der Waals surface area contributed by atoms with E-state index in [9.17, 15) is 5.21 Å². The van der Waals surface area contributed by atoms with E-state index in [0.29, 0.717) is 5.92 Å². The quantitative estimate of drug-likeness (QED) is 0.756. The van der Waals surface area contributed by atoms with Gasteiger partial charge in [-0.15, -0.1) is 10.3 Å². The van der Waals surface area contributed by atoms with Crippen molar-refractivity contribution in [1.29, 1.82) is 0 Å². The molecule has 0 bridgehead atoms. The van der Waals surface area contributed by atoms with Crippen molar-refractivity contribution in [3.8, 4) is 0 Å². The minimum Gasteiger partial charge on any atom is -0.378 e. The van der Waals surface area contributed by atoms with E-state index in [0.717, 1.165) is 25.9 Å². The van der Waals surface area contributed by atoms with Crippen LogP contribution in [0.2, 0.25) is 0 Å². The van der Waals surface area contributed by atoms with Crippen molar-refractivity contribution in [1.82, 2.24) is 5.06 Å². The van der Waals surface area contributed by atoms with Gasteiger partial charge < -0.3 is 4.74 Å². The third-order valence-corrected chi connectivity index (χ3v) is 3.87. The average Bonchev–Trinajstić information content (AvgIpc) is 2.21. The number of hydrogen-bond acceptors (Lipinski definition) is 2. The molecule has 0 amide bonds. The second kappa shape index (κ2) is 5.25. The van der Waals surface area contributed by atoms with Gasteiger partial charge >= 0.3 is 0 Å². The first-order chi connectivity index (χ1) is 7.69. The molecule has 0 spiro atoms. The minimum absolute atomic E-state index is 0.221. The molecule has 1 unspecified atom stereocenters. The zero-order valence-electron chi connectivity index (χ0n) is 12.2. The van der Waals surface area contributed by atoms with E-state index in [1.165, 1.54) is 5.06 Å². The van der Waals surface area contributed by atoms with Crippen LogP contribution in [-0.2, 0) is 9.94 Å². The van der Waals surface area contributed by atoms with Gasteiger partial charge in [-0.1, -0.05) is 20.3 Å². The lowest BCUT2D eigenvalue weighted by atomic mass is 9.80. The summed E-state index contributed by atoms with van der Waals surface area (Å²) in [4.78, 5) is 0. The second-order valence-electron chi connectivity index (χ2n) is 6.80. The van der Waals surface area contributed by atoms with Crippen LogP contribution in [0.15, 0.2) is 0 Å². The highest BCUT2D eigenvalue weighted by molar-refractivity contribution is 4.96. The predicted octanol–water partition coefficient (Wildman–Crippen LogP) is 3.42. The molecule has 0 aliphatic carbocycles. The summed E-state index contributed by atoms with van der Waals surface area (Å²) in [6, 6.07) is 0. The largest absolute Gasteiger partial charge is 0.378 e. The SMILES string of the molecule is CCC(C)COC1CC(C)(C)N([O])C(C)(C)C1. The van der Waals surface area contributed by atoms with Crippen LogP contribution in [0.5, 0.6) is 0 Å². The number of ether oxygens (including phenoxy) is 1. The zero-order chi connectivity index (χ0) is 13.3. The summed E-state index contributed by atoms with van der Waals surface area (Å²) in [5, 5.41) is 13.4. The Balaban J connectivity index is 2.59. The molecule has 0 aromatic carbocycles. The molecule has 17 heavy (non-hydrogen) atoms. The van der Waals surface area contributed by atoms with Gasteiger partial charge in [0.25, 0.3) is 0 Å². The van der Waals surface area contributed by atoms with Crippen molar-refractivity contribution in [3.63, 3.8) is 0 Å². The Morgan fingerprint density at radius 2 is 1.71 bits per heavy atom. The fraction of sp³-hybridized carbons (Fsp3) is 1.00. The van der Waals surface area contributed by atoms with E-state index in [1.807, 2.05) is 27.7 Å². The van der Waals surface area contributed by atoms with Gasteiger partial charge in [-0.3, -0.25) is 0 Å². The lowest BCUT2D eigenvalue weighted by molar-refractivity contribution is -0.301. The highest BCUT2D eigenvalue weighted by Gasteiger charge is 2.46. The third-order valence-electron chi connectivity index (χ3n) is 3.87. The van der Waals surface area contributed by atoms with Crippen molar-refractivity contribution < 1.29 is 9.94 Å². The molecule has 1 atom stereocenters. The van der Waals surface area contributed by atoms with Crippen molar-refractivity contribution in [2.75, 3.05) is 6.61 Å².